The van der Waals surface area contributed by atoms with Gasteiger partial charge in [0.05, 0.1) is 18.3 Å². The molecule has 6 fully saturated rings. The van der Waals surface area contributed by atoms with Crippen LogP contribution in [0.2, 0.25) is 0 Å². The van der Waals surface area contributed by atoms with Crippen molar-refractivity contribution in [3.8, 4) is 17.2 Å². The van der Waals surface area contributed by atoms with Gasteiger partial charge in [-0.25, -0.2) is 4.79 Å². The van der Waals surface area contributed by atoms with Crippen molar-refractivity contribution in [2.24, 2.45) is 51.8 Å². The minimum atomic E-state index is -0.681. The molecule has 62 heavy (non-hydrogen) atoms. The fourth-order valence-corrected chi connectivity index (χ4v) is 16.9. The van der Waals surface area contributed by atoms with Crippen LogP contribution in [0.25, 0.3) is 0 Å². The molecule has 0 aliphatic heterocycles. The second-order valence-corrected chi connectivity index (χ2v) is 22.7. The normalized spacial score (nSPS) is 41.8. The third-order valence-electron chi connectivity index (χ3n) is 20.4. The van der Waals surface area contributed by atoms with Crippen molar-refractivity contribution in [1.29, 1.82) is 0 Å². The largest absolute Gasteiger partial charge is 0.519 e. The van der Waals surface area contributed by atoms with Crippen LogP contribution in [-0.4, -0.2) is 44.9 Å². The van der Waals surface area contributed by atoms with Gasteiger partial charge in [-0.15, -0.1) is 0 Å². The monoisotopic (exact) mass is 843 g/mol. The first-order valence-corrected chi connectivity index (χ1v) is 24.9. The van der Waals surface area contributed by atoms with Crippen LogP contribution >= 0.6 is 0 Å². The Balaban J connectivity index is 0.000000180. The fourth-order valence-electron chi connectivity index (χ4n) is 16.9. The van der Waals surface area contributed by atoms with E-state index in [-0.39, 0.29) is 34.6 Å². The molecule has 15 atom stereocenters. The van der Waals surface area contributed by atoms with Crippen molar-refractivity contribution < 1.29 is 34.7 Å². The number of phenols is 1. The van der Waals surface area contributed by atoms with Crippen molar-refractivity contribution >= 4 is 6.16 Å². The molecule has 3 aromatic carbocycles. The number of aliphatic hydroxyl groups excluding tert-OH is 3. The molecule has 7 nitrogen and oxygen atoms in total. The molecule has 0 amide bonds. The average molecular weight is 843 g/mol. The fraction of sp³-hybridized carbons (Fsp3) is 0.655. The molecule has 0 radical (unpaired) electrons. The number of hydrogen-bond donors (Lipinski definition) is 4. The van der Waals surface area contributed by atoms with Gasteiger partial charge in [0.25, 0.3) is 0 Å². The maximum Gasteiger partial charge on any atom is 0.519 e. The first-order valence-electron chi connectivity index (χ1n) is 24.9. The average Bonchev–Trinajstić information content (AvgIpc) is 3.87. The van der Waals surface area contributed by atoms with E-state index in [9.17, 15) is 25.2 Å². The number of carbonyl (C=O) groups is 1. The summed E-state index contributed by atoms with van der Waals surface area (Å²) in [7, 11) is 0. The van der Waals surface area contributed by atoms with Crippen LogP contribution in [0.3, 0.4) is 0 Å². The first kappa shape index (κ1) is 41.3. The van der Waals surface area contributed by atoms with Gasteiger partial charge in [-0.3, -0.25) is 0 Å². The highest BCUT2D eigenvalue weighted by Crippen LogP contribution is 2.64. The summed E-state index contributed by atoms with van der Waals surface area (Å²) >= 11 is 0. The molecule has 0 heterocycles. The molecule has 0 saturated heterocycles. The summed E-state index contributed by atoms with van der Waals surface area (Å²) in [4.78, 5) is 12.9. The maximum atomic E-state index is 12.9. The molecular weight excluding hydrogens is 773 g/mol. The first-order chi connectivity index (χ1) is 29.8. The number of rotatable bonds is 2. The second kappa shape index (κ2) is 15.4. The van der Waals surface area contributed by atoms with E-state index >= 15 is 0 Å². The Hall–Kier alpha value is -3.39. The van der Waals surface area contributed by atoms with Crippen LogP contribution in [0.4, 0.5) is 4.79 Å². The summed E-state index contributed by atoms with van der Waals surface area (Å²) in [6.45, 7) is 6.95. The molecule has 7 heteroatoms. The molecule has 9 aliphatic rings. The molecule has 332 valence electrons. The van der Waals surface area contributed by atoms with E-state index in [0.29, 0.717) is 64.6 Å². The predicted molar refractivity (Wildman–Crippen MR) is 240 cm³/mol. The van der Waals surface area contributed by atoms with Gasteiger partial charge in [-0.2, -0.15) is 0 Å². The zero-order valence-corrected chi connectivity index (χ0v) is 37.4. The molecule has 6 saturated carbocycles. The number of aromatic hydroxyl groups is 1. The van der Waals surface area contributed by atoms with E-state index in [1.54, 1.807) is 0 Å². The van der Waals surface area contributed by atoms with Crippen LogP contribution in [0.5, 0.6) is 17.2 Å². The van der Waals surface area contributed by atoms with Crippen LogP contribution in [0, 0.1) is 51.8 Å². The van der Waals surface area contributed by atoms with Crippen molar-refractivity contribution in [2.75, 3.05) is 0 Å². The molecule has 12 rings (SSSR count). The number of benzene rings is 3. The quantitative estimate of drug-likeness (QED) is 0.150. The Kier molecular flexibility index (Phi) is 10.2. The molecule has 9 unspecified atom stereocenters. The topological polar surface area (TPSA) is 116 Å². The number of fused-ring (bicyclic) bond motifs is 15. The minimum absolute atomic E-state index is 0.0845. The molecule has 0 bridgehead atoms. The van der Waals surface area contributed by atoms with E-state index < -0.39 is 6.16 Å². The second-order valence-electron chi connectivity index (χ2n) is 22.7. The zero-order valence-electron chi connectivity index (χ0n) is 37.4. The van der Waals surface area contributed by atoms with Crippen molar-refractivity contribution in [1.82, 2.24) is 0 Å². The van der Waals surface area contributed by atoms with Gasteiger partial charge in [-0.1, -0.05) is 39.0 Å². The standard InChI is InChI=1S/C37H46O5.C18H24O2/c1-36-17-15-27-25-9-5-23(19-21(25)3-7-29(27)31(36)11-13-33(36)38)41-35(40)42-24-6-10-26-22(20-24)4-8-30-28(26)16-18-37(2)32(30)12-14-34(37)39;1-18-9-8-14-13-5-3-12(19)10-11(13)2-4-15(14)16(18)6-7-17(18)20/h5-6,9-10,19-20,27-34,38-39H,3-4,7-8,11-18H2,1-2H3;3,5,10,14-17,19-20H,2,4,6-9H2,1H3/t27?,28?,29?,30?,31?,32?,33-,34+,36-,37+;14?,15?,16?,17-,18-/m.1/s1. The third-order valence-corrected chi connectivity index (χ3v) is 20.4. The van der Waals surface area contributed by atoms with E-state index in [1.807, 2.05) is 36.4 Å². The molecule has 4 N–H and O–H groups in total. The lowest BCUT2D eigenvalue weighted by Gasteiger charge is -2.50. The Morgan fingerprint density at radius 2 is 0.839 bits per heavy atom. The zero-order chi connectivity index (χ0) is 42.7. The summed E-state index contributed by atoms with van der Waals surface area (Å²) < 4.78 is 11.4. The summed E-state index contributed by atoms with van der Waals surface area (Å²) in [6.07, 6.45) is 18.7. The van der Waals surface area contributed by atoms with Gasteiger partial charge in [-0.05, 0) is 255 Å². The highest BCUT2D eigenvalue weighted by Gasteiger charge is 2.57. The molecule has 0 aromatic heterocycles. The SMILES string of the molecule is C[C@@]12CCC3c4ccc(O)cc4CCC3C1CC[C@H]2O.C[C@]12CCC3c4ccc(OC(=O)Oc5ccc6c(c5)CCC5C6CC[C@]6(C)C5CC[C@H]6O)cc4CCC3C1CC[C@@H]2O. The molecular formula is C55H70O7. The lowest BCUT2D eigenvalue weighted by Crippen LogP contribution is -2.43. The maximum absolute atomic E-state index is 12.9. The Labute approximate surface area is 369 Å². The van der Waals surface area contributed by atoms with Gasteiger partial charge in [0.2, 0.25) is 0 Å². The van der Waals surface area contributed by atoms with E-state index in [0.717, 1.165) is 102 Å². The summed E-state index contributed by atoms with van der Waals surface area (Å²) in [5.41, 5.74) is 8.58. The smallest absolute Gasteiger partial charge is 0.508 e. The van der Waals surface area contributed by atoms with E-state index in [1.165, 1.54) is 52.6 Å². The highest BCUT2D eigenvalue weighted by atomic mass is 16.7. The van der Waals surface area contributed by atoms with Gasteiger partial charge >= 0.3 is 6.16 Å². The number of hydrogen-bond acceptors (Lipinski definition) is 7. The molecule has 3 aromatic rings. The highest BCUT2D eigenvalue weighted by molar-refractivity contribution is 5.67. The van der Waals surface area contributed by atoms with Crippen LogP contribution in [-0.2, 0) is 19.3 Å². The number of aliphatic hydroxyl groups is 3. The van der Waals surface area contributed by atoms with Crippen LogP contribution in [0.1, 0.15) is 168 Å². The minimum Gasteiger partial charge on any atom is -0.508 e. The lowest BCUT2D eigenvalue weighted by atomic mass is 9.55. The van der Waals surface area contributed by atoms with Crippen molar-refractivity contribution in [3.05, 3.63) is 88.0 Å². The van der Waals surface area contributed by atoms with Gasteiger partial charge < -0.3 is 29.9 Å². The Morgan fingerprint density at radius 3 is 1.23 bits per heavy atom. The summed E-state index contributed by atoms with van der Waals surface area (Å²) in [5, 5.41) is 41.4. The molecule has 0 spiro atoms. The van der Waals surface area contributed by atoms with Gasteiger partial charge in [0.1, 0.15) is 17.2 Å². The summed E-state index contributed by atoms with van der Waals surface area (Å²) in [5.74, 6) is 7.21. The predicted octanol–water partition coefficient (Wildman–Crippen LogP) is 11.3. The number of carbonyl (C=O) groups excluding carboxylic acids is 1. The van der Waals surface area contributed by atoms with Crippen LogP contribution in [0.15, 0.2) is 54.6 Å². The number of phenolic OH excluding ortho intramolecular Hbond substituents is 1. The third kappa shape index (κ3) is 6.54. The lowest BCUT2D eigenvalue weighted by molar-refractivity contribution is -0.0226. The Bertz CT molecular complexity index is 2110. The molecule has 9 aliphatic carbocycles. The van der Waals surface area contributed by atoms with Crippen molar-refractivity contribution in [3.63, 3.8) is 0 Å². The number of aryl methyl sites for hydroxylation is 3. The Morgan fingerprint density at radius 1 is 0.484 bits per heavy atom. The van der Waals surface area contributed by atoms with E-state index in [4.69, 9.17) is 9.47 Å². The van der Waals surface area contributed by atoms with Gasteiger partial charge in [0, 0.05) is 0 Å². The van der Waals surface area contributed by atoms with E-state index in [2.05, 4.69) is 39.0 Å². The van der Waals surface area contributed by atoms with Gasteiger partial charge in [0.15, 0.2) is 0 Å². The summed E-state index contributed by atoms with van der Waals surface area (Å²) in [6, 6.07) is 18.3. The van der Waals surface area contributed by atoms with Crippen LogP contribution < -0.4 is 9.47 Å². The number of ether oxygens (including phenoxy) is 2. The van der Waals surface area contributed by atoms with Crippen molar-refractivity contribution in [2.45, 2.75) is 172 Å².